The molecule has 1 aliphatic heterocycles. The van der Waals surface area contributed by atoms with Crippen molar-refractivity contribution in [2.24, 2.45) is 5.92 Å². The van der Waals surface area contributed by atoms with Gasteiger partial charge in [-0.15, -0.1) is 0 Å². The number of rotatable bonds is 6. The molecular formula is C16H15FN4O4S. The van der Waals surface area contributed by atoms with Crippen LogP contribution in [0.1, 0.15) is 12.0 Å². The lowest BCUT2D eigenvalue weighted by atomic mass is 10.1. The number of hydrogen-bond acceptors (Lipinski definition) is 6. The van der Waals surface area contributed by atoms with Gasteiger partial charge in [-0.1, -0.05) is 12.1 Å². The Labute approximate surface area is 151 Å². The number of halogens is 1. The number of thiazole rings is 1. The van der Waals surface area contributed by atoms with Gasteiger partial charge in [0.2, 0.25) is 11.8 Å². The van der Waals surface area contributed by atoms with Crippen LogP contribution in [-0.4, -0.2) is 39.7 Å². The summed E-state index contributed by atoms with van der Waals surface area (Å²) in [6.07, 6.45) is 1.73. The largest absolute Gasteiger partial charge is 0.345 e. The summed E-state index contributed by atoms with van der Waals surface area (Å²) in [6, 6.07) is 6.06. The maximum absolute atomic E-state index is 12.9. The van der Waals surface area contributed by atoms with Gasteiger partial charge >= 0.3 is 5.00 Å². The third-order valence-electron chi connectivity index (χ3n) is 4.07. The van der Waals surface area contributed by atoms with E-state index in [-0.39, 0.29) is 40.7 Å². The number of nitrogens with one attached hydrogen (secondary N) is 1. The number of likely N-dealkylation sites (tertiary alicyclic amines) is 1. The number of nitrogens with zero attached hydrogens (tertiary/aromatic N) is 3. The van der Waals surface area contributed by atoms with E-state index in [1.807, 2.05) is 0 Å². The maximum Gasteiger partial charge on any atom is 0.345 e. The number of nitro groups is 1. The molecule has 1 aliphatic rings. The van der Waals surface area contributed by atoms with Crippen LogP contribution in [0.5, 0.6) is 0 Å². The van der Waals surface area contributed by atoms with Crippen LogP contribution in [0.3, 0.4) is 0 Å². The molecule has 2 aromatic rings. The second-order valence-electron chi connectivity index (χ2n) is 5.87. The lowest BCUT2D eigenvalue weighted by Crippen LogP contribution is -2.30. The van der Waals surface area contributed by atoms with E-state index in [1.165, 1.54) is 12.1 Å². The highest BCUT2D eigenvalue weighted by molar-refractivity contribution is 7.18. The Hall–Kier alpha value is -2.88. The maximum atomic E-state index is 12.9. The third kappa shape index (κ3) is 4.20. The fraction of sp³-hybridized carbons (Fsp3) is 0.312. The zero-order valence-electron chi connectivity index (χ0n) is 13.6. The van der Waals surface area contributed by atoms with Crippen LogP contribution in [0.2, 0.25) is 0 Å². The van der Waals surface area contributed by atoms with E-state index in [2.05, 4.69) is 10.3 Å². The molecule has 0 spiro atoms. The second-order valence-corrected chi connectivity index (χ2v) is 6.88. The van der Waals surface area contributed by atoms with Crippen molar-refractivity contribution in [2.75, 3.05) is 18.4 Å². The first-order valence-corrected chi connectivity index (χ1v) is 8.67. The van der Waals surface area contributed by atoms with E-state index in [0.717, 1.165) is 23.1 Å². The molecule has 2 heterocycles. The lowest BCUT2D eigenvalue weighted by molar-refractivity contribution is -0.380. The predicted octanol–water partition coefficient (Wildman–Crippen LogP) is 2.22. The van der Waals surface area contributed by atoms with Gasteiger partial charge < -0.3 is 10.2 Å². The summed E-state index contributed by atoms with van der Waals surface area (Å²) in [5.74, 6) is -1.35. The average molecular weight is 378 g/mol. The molecule has 1 aromatic heterocycles. The zero-order chi connectivity index (χ0) is 18.7. The summed E-state index contributed by atoms with van der Waals surface area (Å²) in [5, 5.41) is 13.1. The van der Waals surface area contributed by atoms with Crippen LogP contribution in [0.4, 0.5) is 14.5 Å². The first kappa shape index (κ1) is 17.9. The molecule has 2 amide bonds. The molecule has 0 aliphatic carbocycles. The summed E-state index contributed by atoms with van der Waals surface area (Å²) in [5.41, 5.74) is 0.905. The highest BCUT2D eigenvalue weighted by Gasteiger charge is 2.34. The Morgan fingerprint density at radius 2 is 2.15 bits per heavy atom. The Balaban J connectivity index is 1.53. The van der Waals surface area contributed by atoms with E-state index in [9.17, 15) is 24.1 Å². The van der Waals surface area contributed by atoms with Crippen molar-refractivity contribution in [3.63, 3.8) is 0 Å². The van der Waals surface area contributed by atoms with Crippen molar-refractivity contribution >= 4 is 33.3 Å². The zero-order valence-corrected chi connectivity index (χ0v) is 14.4. The van der Waals surface area contributed by atoms with Gasteiger partial charge in [-0.25, -0.2) is 9.37 Å². The number of anilines is 1. The second kappa shape index (κ2) is 7.56. The number of carbonyl (C=O) groups excluding carboxylic acids is 2. The predicted molar refractivity (Wildman–Crippen MR) is 92.2 cm³/mol. The van der Waals surface area contributed by atoms with Crippen molar-refractivity contribution in [3.8, 4) is 0 Å². The molecular weight excluding hydrogens is 363 g/mol. The fourth-order valence-electron chi connectivity index (χ4n) is 2.69. The molecule has 3 rings (SSSR count). The third-order valence-corrected chi connectivity index (χ3v) is 4.94. The SMILES string of the molecule is O=C(Nc1ncc([N+](=O)[O-])s1)C1CC(=O)N(CCc2ccc(F)cc2)C1. The summed E-state index contributed by atoms with van der Waals surface area (Å²) in [7, 11) is 0. The van der Waals surface area contributed by atoms with Gasteiger partial charge in [0.1, 0.15) is 12.0 Å². The first-order chi connectivity index (χ1) is 12.4. The van der Waals surface area contributed by atoms with Crippen molar-refractivity contribution in [3.05, 3.63) is 52.0 Å². The molecule has 8 nitrogen and oxygen atoms in total. The number of aromatic nitrogens is 1. The molecule has 1 fully saturated rings. The van der Waals surface area contributed by atoms with Gasteiger partial charge in [0, 0.05) is 19.5 Å². The quantitative estimate of drug-likeness (QED) is 0.613. The molecule has 1 unspecified atom stereocenters. The minimum Gasteiger partial charge on any atom is -0.342 e. The van der Waals surface area contributed by atoms with Crippen LogP contribution >= 0.6 is 11.3 Å². The molecule has 1 atom stereocenters. The van der Waals surface area contributed by atoms with Crippen molar-refractivity contribution in [2.45, 2.75) is 12.8 Å². The molecule has 26 heavy (non-hydrogen) atoms. The molecule has 1 N–H and O–H groups in total. The van der Waals surface area contributed by atoms with Crippen LogP contribution in [-0.2, 0) is 16.0 Å². The van der Waals surface area contributed by atoms with Crippen LogP contribution in [0.15, 0.2) is 30.5 Å². The Morgan fingerprint density at radius 1 is 1.42 bits per heavy atom. The summed E-state index contributed by atoms with van der Waals surface area (Å²) in [6.45, 7) is 0.719. The Bertz CT molecular complexity index is 839. The average Bonchev–Trinajstić information content (AvgIpc) is 3.21. The molecule has 0 radical (unpaired) electrons. The monoisotopic (exact) mass is 378 g/mol. The molecule has 1 aromatic carbocycles. The van der Waals surface area contributed by atoms with Gasteiger partial charge in [0.25, 0.3) is 0 Å². The minimum absolute atomic E-state index is 0.0860. The Kier molecular flexibility index (Phi) is 5.21. The van der Waals surface area contributed by atoms with E-state index >= 15 is 0 Å². The van der Waals surface area contributed by atoms with E-state index in [0.29, 0.717) is 13.0 Å². The van der Waals surface area contributed by atoms with Gasteiger partial charge in [-0.05, 0) is 35.5 Å². The van der Waals surface area contributed by atoms with E-state index in [4.69, 9.17) is 0 Å². The van der Waals surface area contributed by atoms with Gasteiger partial charge in [0.15, 0.2) is 5.13 Å². The van der Waals surface area contributed by atoms with Gasteiger partial charge in [-0.3, -0.25) is 19.7 Å². The van der Waals surface area contributed by atoms with E-state index in [1.54, 1.807) is 17.0 Å². The van der Waals surface area contributed by atoms with Gasteiger partial charge in [-0.2, -0.15) is 0 Å². The van der Waals surface area contributed by atoms with E-state index < -0.39 is 10.8 Å². The fourth-order valence-corrected chi connectivity index (χ4v) is 3.33. The molecule has 1 saturated heterocycles. The molecule has 136 valence electrons. The highest BCUT2D eigenvalue weighted by atomic mass is 32.1. The molecule has 10 heteroatoms. The van der Waals surface area contributed by atoms with Gasteiger partial charge in [0.05, 0.1) is 10.8 Å². The summed E-state index contributed by atoms with van der Waals surface area (Å²) in [4.78, 5) is 39.8. The number of carbonyl (C=O) groups is 2. The first-order valence-electron chi connectivity index (χ1n) is 7.85. The van der Waals surface area contributed by atoms with Crippen LogP contribution in [0.25, 0.3) is 0 Å². The number of hydrogen-bond donors (Lipinski definition) is 1. The minimum atomic E-state index is -0.580. The lowest BCUT2D eigenvalue weighted by Gasteiger charge is -2.16. The number of amides is 2. The topological polar surface area (TPSA) is 105 Å². The Morgan fingerprint density at radius 3 is 2.81 bits per heavy atom. The molecule has 0 saturated carbocycles. The van der Waals surface area contributed by atoms with Crippen molar-refractivity contribution in [1.82, 2.24) is 9.88 Å². The summed E-state index contributed by atoms with van der Waals surface area (Å²) < 4.78 is 12.9. The van der Waals surface area contributed by atoms with Crippen LogP contribution in [0, 0.1) is 21.8 Å². The summed E-state index contributed by atoms with van der Waals surface area (Å²) >= 11 is 0.767. The van der Waals surface area contributed by atoms with Crippen LogP contribution < -0.4 is 5.32 Å². The van der Waals surface area contributed by atoms with Crippen molar-refractivity contribution in [1.29, 1.82) is 0 Å². The normalized spacial score (nSPS) is 16.7. The highest BCUT2D eigenvalue weighted by Crippen LogP contribution is 2.26. The van der Waals surface area contributed by atoms with Crippen molar-refractivity contribution < 1.29 is 18.9 Å². The smallest absolute Gasteiger partial charge is 0.342 e. The number of benzene rings is 1. The molecule has 0 bridgehead atoms. The standard InChI is InChI=1S/C16H15FN4O4S/c17-12-3-1-10(2-4-12)5-6-20-9-11(7-13(20)22)15(23)19-16-18-8-14(26-16)21(24)25/h1-4,8,11H,5-7,9H2,(H,18,19,23).